The van der Waals surface area contributed by atoms with Gasteiger partial charge in [0.1, 0.15) is 0 Å². The van der Waals surface area contributed by atoms with E-state index in [9.17, 15) is 0 Å². The smallest absolute Gasteiger partial charge is 0.0260 e. The van der Waals surface area contributed by atoms with Gasteiger partial charge in [-0.1, -0.05) is 93.0 Å². The van der Waals surface area contributed by atoms with Gasteiger partial charge in [0.05, 0.1) is 0 Å². The van der Waals surface area contributed by atoms with Crippen molar-refractivity contribution in [2.24, 2.45) is 0 Å². The second kappa shape index (κ2) is 23.6. The lowest BCUT2D eigenvalue weighted by Crippen LogP contribution is -1.66. The molecule has 1 rings (SSSR count). The van der Waals surface area contributed by atoms with Gasteiger partial charge in [0.2, 0.25) is 0 Å². The number of hydrogen-bond acceptors (Lipinski definition) is 0. The summed E-state index contributed by atoms with van der Waals surface area (Å²) in [5, 5.41) is 0. The Bertz CT molecular complexity index is 197. The van der Waals surface area contributed by atoms with Gasteiger partial charge in [-0.25, -0.2) is 0 Å². The molecule has 0 radical (unpaired) electrons. The third-order valence-electron chi connectivity index (χ3n) is 1.35. The van der Waals surface area contributed by atoms with E-state index in [1.165, 1.54) is 5.56 Å². The van der Waals surface area contributed by atoms with E-state index in [4.69, 9.17) is 0 Å². The third kappa shape index (κ3) is 15.4. The zero-order valence-corrected chi connectivity index (χ0v) is 8.25. The van der Waals surface area contributed by atoms with Gasteiger partial charge in [-0.15, -0.1) is 0 Å². The Morgan fingerprint density at radius 3 is 1.69 bits per heavy atom. The number of allylic oxidation sites excluding steroid dienone is 1. The van der Waals surface area contributed by atoms with E-state index in [1.807, 2.05) is 19.9 Å². The van der Waals surface area contributed by atoms with Crippen molar-refractivity contribution in [2.45, 2.75) is 56.9 Å². The van der Waals surface area contributed by atoms with E-state index in [-0.39, 0.29) is 29.7 Å². The second-order valence-electron chi connectivity index (χ2n) is 2.22. The van der Waals surface area contributed by atoms with Crippen LogP contribution in [0.25, 0.3) is 6.08 Å². The molecule has 0 unspecified atom stereocenters. The van der Waals surface area contributed by atoms with Crippen molar-refractivity contribution in [1.29, 1.82) is 0 Å². The van der Waals surface area contributed by atoms with Gasteiger partial charge in [-0.2, -0.15) is 0 Å². The van der Waals surface area contributed by atoms with E-state index in [0.717, 1.165) is 6.42 Å². The first-order valence-electron chi connectivity index (χ1n) is 4.65. The van der Waals surface area contributed by atoms with Crippen LogP contribution in [0.15, 0.2) is 36.4 Å². The van der Waals surface area contributed by atoms with Crippen LogP contribution in [0.2, 0.25) is 0 Å². The molecular formula is C16H34. The zero-order chi connectivity index (χ0) is 9.23. The Morgan fingerprint density at radius 2 is 1.31 bits per heavy atom. The zero-order valence-electron chi connectivity index (χ0n) is 8.25. The number of rotatable bonds is 2. The maximum Gasteiger partial charge on any atom is -0.0260 e. The highest BCUT2D eigenvalue weighted by Crippen LogP contribution is 2.00. The summed E-state index contributed by atoms with van der Waals surface area (Å²) in [6.07, 6.45) is 5.41. The van der Waals surface area contributed by atoms with Gasteiger partial charge in [-0.3, -0.25) is 0 Å². The Hall–Kier alpha value is -1.04. The summed E-state index contributed by atoms with van der Waals surface area (Å²) >= 11 is 0. The van der Waals surface area contributed by atoms with Crippen LogP contribution in [0.5, 0.6) is 0 Å². The van der Waals surface area contributed by atoms with Crippen molar-refractivity contribution >= 4 is 6.08 Å². The molecule has 1 aromatic rings. The molecular weight excluding hydrogens is 192 g/mol. The molecule has 0 N–H and O–H groups in total. The standard InChI is InChI=1S/C10H12.C2H6.4CH4/c1-2-3-7-10-8-5-4-6-9-10;1-2;;;;/h3-9H,2H2,1H3;1-2H3;4*1H4/b7-3-;;;;;. The van der Waals surface area contributed by atoms with E-state index in [2.05, 4.69) is 43.3 Å². The Balaban J connectivity index is -0.0000000637. The van der Waals surface area contributed by atoms with Crippen molar-refractivity contribution in [1.82, 2.24) is 0 Å². The van der Waals surface area contributed by atoms with Crippen molar-refractivity contribution in [2.75, 3.05) is 0 Å². The summed E-state index contributed by atoms with van der Waals surface area (Å²) in [7, 11) is 0. The minimum atomic E-state index is 0. The second-order valence-corrected chi connectivity index (χ2v) is 2.22. The molecule has 0 amide bonds. The van der Waals surface area contributed by atoms with E-state index < -0.39 is 0 Å². The van der Waals surface area contributed by atoms with Gasteiger partial charge in [0.15, 0.2) is 0 Å². The van der Waals surface area contributed by atoms with Crippen LogP contribution in [-0.2, 0) is 0 Å². The first-order chi connectivity index (χ1) is 5.93. The largest absolute Gasteiger partial charge is 0.0842 e. The molecule has 1 aromatic carbocycles. The molecule has 0 saturated carbocycles. The lowest BCUT2D eigenvalue weighted by atomic mass is 10.2. The molecule has 0 heteroatoms. The summed E-state index contributed by atoms with van der Waals surface area (Å²) in [5.74, 6) is 0. The molecule has 16 heavy (non-hydrogen) atoms. The normalized spacial score (nSPS) is 6.94. The molecule has 0 aliphatic heterocycles. The fourth-order valence-electron chi connectivity index (χ4n) is 0.818. The molecule has 0 nitrogen and oxygen atoms in total. The topological polar surface area (TPSA) is 0 Å². The highest BCUT2D eigenvalue weighted by molar-refractivity contribution is 5.48. The van der Waals surface area contributed by atoms with Crippen LogP contribution in [0, 0.1) is 0 Å². The van der Waals surface area contributed by atoms with E-state index in [1.54, 1.807) is 0 Å². The van der Waals surface area contributed by atoms with Gasteiger partial charge in [-0.05, 0) is 12.0 Å². The number of benzene rings is 1. The molecule has 0 saturated heterocycles. The molecule has 0 atom stereocenters. The molecule has 98 valence electrons. The lowest BCUT2D eigenvalue weighted by molar-refractivity contribution is 1.23. The van der Waals surface area contributed by atoms with Crippen molar-refractivity contribution in [3.05, 3.63) is 42.0 Å². The molecule has 0 aromatic heterocycles. The Kier molecular flexibility index (Phi) is 43.4. The van der Waals surface area contributed by atoms with Gasteiger partial charge >= 0.3 is 0 Å². The molecule has 0 bridgehead atoms. The fraction of sp³-hybridized carbons (Fsp3) is 0.500. The average Bonchev–Trinajstić information content (AvgIpc) is 2.19. The maximum absolute atomic E-state index is 2.16. The molecule has 0 aliphatic rings. The average molecular weight is 226 g/mol. The minimum Gasteiger partial charge on any atom is -0.0842 e. The van der Waals surface area contributed by atoms with Crippen LogP contribution < -0.4 is 0 Å². The molecule has 0 spiro atoms. The minimum absolute atomic E-state index is 0. The maximum atomic E-state index is 2.16. The summed E-state index contributed by atoms with van der Waals surface area (Å²) in [5.41, 5.74) is 1.28. The summed E-state index contributed by atoms with van der Waals surface area (Å²) in [4.78, 5) is 0. The van der Waals surface area contributed by atoms with Crippen LogP contribution in [0.4, 0.5) is 0 Å². The highest BCUT2D eigenvalue weighted by atomic mass is 13.8. The summed E-state index contributed by atoms with van der Waals surface area (Å²) in [6.45, 7) is 6.14. The predicted octanol–water partition coefficient (Wildman–Crippen LogP) is 6.68. The van der Waals surface area contributed by atoms with E-state index >= 15 is 0 Å². The van der Waals surface area contributed by atoms with Crippen molar-refractivity contribution in [3.8, 4) is 0 Å². The first kappa shape index (κ1) is 29.4. The van der Waals surface area contributed by atoms with E-state index in [0.29, 0.717) is 0 Å². The van der Waals surface area contributed by atoms with Crippen LogP contribution in [-0.4, -0.2) is 0 Å². The Morgan fingerprint density at radius 1 is 0.875 bits per heavy atom. The molecule has 0 fully saturated rings. The van der Waals surface area contributed by atoms with Gasteiger partial charge < -0.3 is 0 Å². The predicted molar refractivity (Wildman–Crippen MR) is 84.0 cm³/mol. The van der Waals surface area contributed by atoms with Crippen LogP contribution >= 0.6 is 0 Å². The summed E-state index contributed by atoms with van der Waals surface area (Å²) in [6, 6.07) is 10.3. The van der Waals surface area contributed by atoms with Gasteiger partial charge in [0.25, 0.3) is 0 Å². The number of hydrogen-bond donors (Lipinski definition) is 0. The monoisotopic (exact) mass is 226 g/mol. The SMILES string of the molecule is C.C.C.C.CC.CC/C=C\c1ccccc1. The Labute approximate surface area is 105 Å². The quantitative estimate of drug-likeness (QED) is 0.527. The van der Waals surface area contributed by atoms with Crippen LogP contribution in [0.3, 0.4) is 0 Å². The van der Waals surface area contributed by atoms with Crippen molar-refractivity contribution < 1.29 is 0 Å². The molecule has 0 aliphatic carbocycles. The first-order valence-corrected chi connectivity index (χ1v) is 4.65. The van der Waals surface area contributed by atoms with Crippen molar-refractivity contribution in [3.63, 3.8) is 0 Å². The fourth-order valence-corrected chi connectivity index (χ4v) is 0.818. The lowest BCUT2D eigenvalue weighted by Gasteiger charge is -1.88. The third-order valence-corrected chi connectivity index (χ3v) is 1.35. The molecule has 0 heterocycles. The highest BCUT2D eigenvalue weighted by Gasteiger charge is 1.78. The summed E-state index contributed by atoms with van der Waals surface area (Å²) < 4.78 is 0. The van der Waals surface area contributed by atoms with Gasteiger partial charge in [0, 0.05) is 0 Å². The van der Waals surface area contributed by atoms with Crippen LogP contribution in [0.1, 0.15) is 62.5 Å².